The summed E-state index contributed by atoms with van der Waals surface area (Å²) in [5, 5.41) is 0. The van der Waals surface area contributed by atoms with Crippen LogP contribution in [0.2, 0.25) is 0 Å². The van der Waals surface area contributed by atoms with E-state index in [9.17, 15) is 9.59 Å². The van der Waals surface area contributed by atoms with E-state index in [0.29, 0.717) is 23.0 Å². The van der Waals surface area contributed by atoms with Gasteiger partial charge in [0.1, 0.15) is 18.1 Å². The lowest BCUT2D eigenvalue weighted by atomic mass is 10.0. The van der Waals surface area contributed by atoms with Gasteiger partial charge in [-0.3, -0.25) is 20.4 Å². The summed E-state index contributed by atoms with van der Waals surface area (Å²) in [7, 11) is 0. The Kier molecular flexibility index (Phi) is 7.63. The number of amides is 2. The fourth-order valence-corrected chi connectivity index (χ4v) is 2.41. The van der Waals surface area contributed by atoms with Gasteiger partial charge < -0.3 is 9.47 Å². The fraction of sp³-hybridized carbons (Fsp3) is 0.273. The second kappa shape index (κ2) is 10.2. The average Bonchev–Trinajstić information content (AvgIpc) is 2.70. The zero-order valence-electron chi connectivity index (χ0n) is 16.4. The number of benzene rings is 2. The maximum Gasteiger partial charge on any atom is 0.279 e. The first kappa shape index (κ1) is 21.0. The van der Waals surface area contributed by atoms with Gasteiger partial charge in [-0.15, -0.1) is 0 Å². The number of hydrogen-bond acceptors (Lipinski definition) is 4. The Morgan fingerprint density at radius 2 is 1.71 bits per heavy atom. The quantitative estimate of drug-likeness (QED) is 0.540. The lowest BCUT2D eigenvalue weighted by Crippen LogP contribution is -2.47. The monoisotopic (exact) mass is 382 g/mol. The van der Waals surface area contributed by atoms with Gasteiger partial charge in [-0.2, -0.15) is 0 Å². The van der Waals surface area contributed by atoms with E-state index in [0.717, 1.165) is 0 Å². The van der Waals surface area contributed by atoms with Crippen molar-refractivity contribution in [1.82, 2.24) is 10.9 Å². The molecule has 0 spiro atoms. The van der Waals surface area contributed by atoms with Crippen molar-refractivity contribution >= 4 is 11.8 Å². The molecular weight excluding hydrogens is 356 g/mol. The molecule has 6 heteroatoms. The largest absolute Gasteiger partial charge is 0.489 e. The Bertz CT molecular complexity index is 816. The summed E-state index contributed by atoms with van der Waals surface area (Å²) in [6, 6.07) is 14.3. The number of hydrazine groups is 1. The van der Waals surface area contributed by atoms with Gasteiger partial charge >= 0.3 is 0 Å². The van der Waals surface area contributed by atoms with E-state index in [1.165, 1.54) is 5.56 Å². The predicted molar refractivity (Wildman–Crippen MR) is 108 cm³/mol. The van der Waals surface area contributed by atoms with Gasteiger partial charge in [0.2, 0.25) is 0 Å². The third-order valence-corrected chi connectivity index (χ3v) is 4.02. The molecule has 0 saturated carbocycles. The average molecular weight is 382 g/mol. The zero-order chi connectivity index (χ0) is 20.5. The van der Waals surface area contributed by atoms with Gasteiger partial charge in [0.25, 0.3) is 11.8 Å². The van der Waals surface area contributed by atoms with Crippen molar-refractivity contribution in [2.45, 2.75) is 32.8 Å². The molecule has 0 aliphatic rings. The zero-order valence-corrected chi connectivity index (χ0v) is 16.4. The van der Waals surface area contributed by atoms with E-state index < -0.39 is 17.9 Å². The summed E-state index contributed by atoms with van der Waals surface area (Å²) in [5.41, 5.74) is 6.25. The van der Waals surface area contributed by atoms with Crippen molar-refractivity contribution in [2.75, 3.05) is 6.61 Å². The van der Waals surface area contributed by atoms with E-state index in [1.54, 1.807) is 37.3 Å². The predicted octanol–water partition coefficient (Wildman–Crippen LogP) is 3.60. The van der Waals surface area contributed by atoms with Crippen molar-refractivity contribution in [3.8, 4) is 11.5 Å². The molecule has 0 saturated heterocycles. The van der Waals surface area contributed by atoms with Crippen molar-refractivity contribution in [3.63, 3.8) is 0 Å². The highest BCUT2D eigenvalue weighted by molar-refractivity contribution is 5.98. The summed E-state index contributed by atoms with van der Waals surface area (Å²) in [6.07, 6.45) is 0.806. The lowest BCUT2D eigenvalue weighted by Gasteiger charge is -2.16. The molecule has 0 fully saturated rings. The van der Waals surface area contributed by atoms with Crippen molar-refractivity contribution in [1.29, 1.82) is 0 Å². The standard InChI is InChI=1S/C22H26N2O4/c1-5-14-27-20-9-7-6-8-19(20)22(26)24-23-21(25)16(4)28-18-12-10-17(11-13-18)15(2)3/h5-13,15-16H,1,14H2,2-4H3,(H,23,25)(H,24,26). The van der Waals surface area contributed by atoms with Crippen LogP contribution in [0.25, 0.3) is 0 Å². The summed E-state index contributed by atoms with van der Waals surface area (Å²) in [5.74, 6) is 0.459. The number of ether oxygens (including phenoxy) is 2. The second-order valence-corrected chi connectivity index (χ2v) is 6.52. The van der Waals surface area contributed by atoms with Gasteiger partial charge in [-0.25, -0.2) is 0 Å². The van der Waals surface area contributed by atoms with Crippen LogP contribution in [-0.4, -0.2) is 24.5 Å². The molecule has 0 aliphatic carbocycles. The number of rotatable bonds is 8. The van der Waals surface area contributed by atoms with Gasteiger partial charge in [0.05, 0.1) is 5.56 Å². The van der Waals surface area contributed by atoms with Crippen LogP contribution in [0.3, 0.4) is 0 Å². The van der Waals surface area contributed by atoms with E-state index in [1.807, 2.05) is 24.3 Å². The van der Waals surface area contributed by atoms with Crippen LogP contribution in [0.15, 0.2) is 61.2 Å². The molecule has 2 N–H and O–H groups in total. The van der Waals surface area contributed by atoms with Crippen LogP contribution in [0, 0.1) is 0 Å². The van der Waals surface area contributed by atoms with Gasteiger partial charge in [-0.05, 0) is 42.7 Å². The van der Waals surface area contributed by atoms with Gasteiger partial charge in [0.15, 0.2) is 6.10 Å². The molecule has 0 bridgehead atoms. The number of nitrogens with one attached hydrogen (secondary N) is 2. The van der Waals surface area contributed by atoms with Crippen LogP contribution in [0.4, 0.5) is 0 Å². The molecule has 0 heterocycles. The summed E-state index contributed by atoms with van der Waals surface area (Å²) < 4.78 is 11.1. The third-order valence-electron chi connectivity index (χ3n) is 4.02. The highest BCUT2D eigenvalue weighted by Gasteiger charge is 2.17. The van der Waals surface area contributed by atoms with Crippen LogP contribution in [-0.2, 0) is 4.79 Å². The Balaban J connectivity index is 1.90. The third kappa shape index (κ3) is 5.87. The summed E-state index contributed by atoms with van der Waals surface area (Å²) in [4.78, 5) is 24.6. The molecule has 6 nitrogen and oxygen atoms in total. The molecule has 2 aromatic rings. The van der Waals surface area contributed by atoms with E-state index in [-0.39, 0.29) is 6.61 Å². The van der Waals surface area contributed by atoms with Crippen molar-refractivity contribution in [2.24, 2.45) is 0 Å². The highest BCUT2D eigenvalue weighted by atomic mass is 16.5. The molecule has 2 amide bonds. The van der Waals surface area contributed by atoms with Crippen molar-refractivity contribution in [3.05, 3.63) is 72.3 Å². The minimum Gasteiger partial charge on any atom is -0.489 e. The van der Waals surface area contributed by atoms with Crippen LogP contribution >= 0.6 is 0 Å². The minimum absolute atomic E-state index is 0.275. The normalized spacial score (nSPS) is 11.4. The Labute approximate surface area is 165 Å². The number of para-hydroxylation sites is 1. The number of carbonyl (C=O) groups is 2. The first-order valence-corrected chi connectivity index (χ1v) is 9.12. The van der Waals surface area contributed by atoms with E-state index in [2.05, 4.69) is 31.3 Å². The van der Waals surface area contributed by atoms with E-state index >= 15 is 0 Å². The van der Waals surface area contributed by atoms with Crippen LogP contribution in [0.1, 0.15) is 42.6 Å². The molecule has 0 radical (unpaired) electrons. The van der Waals surface area contributed by atoms with Gasteiger partial charge in [-0.1, -0.05) is 50.8 Å². The number of hydrogen-bond donors (Lipinski definition) is 2. The minimum atomic E-state index is -0.780. The second-order valence-electron chi connectivity index (χ2n) is 6.52. The molecule has 1 unspecified atom stereocenters. The maximum atomic E-state index is 12.3. The van der Waals surface area contributed by atoms with Crippen LogP contribution < -0.4 is 20.3 Å². The maximum absolute atomic E-state index is 12.3. The lowest BCUT2D eigenvalue weighted by molar-refractivity contribution is -0.128. The van der Waals surface area contributed by atoms with Crippen LogP contribution in [0.5, 0.6) is 11.5 Å². The van der Waals surface area contributed by atoms with Crippen molar-refractivity contribution < 1.29 is 19.1 Å². The molecule has 28 heavy (non-hydrogen) atoms. The molecule has 0 aromatic heterocycles. The smallest absolute Gasteiger partial charge is 0.279 e. The highest BCUT2D eigenvalue weighted by Crippen LogP contribution is 2.20. The molecule has 1 atom stereocenters. The molecule has 0 aliphatic heterocycles. The fourth-order valence-electron chi connectivity index (χ4n) is 2.41. The number of carbonyl (C=O) groups excluding carboxylic acids is 2. The Morgan fingerprint density at radius 3 is 2.36 bits per heavy atom. The summed E-state index contributed by atoms with van der Waals surface area (Å²) in [6.45, 7) is 9.68. The molecule has 2 aromatic carbocycles. The van der Waals surface area contributed by atoms with Gasteiger partial charge in [0, 0.05) is 0 Å². The Morgan fingerprint density at radius 1 is 1.04 bits per heavy atom. The first-order valence-electron chi connectivity index (χ1n) is 9.12. The molecular formula is C22H26N2O4. The SMILES string of the molecule is C=CCOc1ccccc1C(=O)NNC(=O)C(C)Oc1ccc(C(C)C)cc1. The first-order chi connectivity index (χ1) is 13.4. The van der Waals surface area contributed by atoms with E-state index in [4.69, 9.17) is 9.47 Å². The molecule has 148 valence electrons. The topological polar surface area (TPSA) is 76.7 Å². The summed E-state index contributed by atoms with van der Waals surface area (Å²) >= 11 is 0. The Hall–Kier alpha value is -3.28. The molecule has 2 rings (SSSR count).